The van der Waals surface area contributed by atoms with E-state index >= 15 is 0 Å². The molecule has 0 spiro atoms. The van der Waals surface area contributed by atoms with Crippen molar-refractivity contribution in [1.82, 2.24) is 15.0 Å². The van der Waals surface area contributed by atoms with Crippen molar-refractivity contribution in [1.29, 1.82) is 0 Å². The van der Waals surface area contributed by atoms with Gasteiger partial charge in [-0.1, -0.05) is 30.3 Å². The summed E-state index contributed by atoms with van der Waals surface area (Å²) in [4.78, 5) is 29.0. The number of sulfone groups is 1. The highest BCUT2D eigenvalue weighted by Crippen LogP contribution is 2.24. The second kappa shape index (κ2) is 9.05. The van der Waals surface area contributed by atoms with Crippen LogP contribution in [0.3, 0.4) is 0 Å². The fourth-order valence-electron chi connectivity index (χ4n) is 3.33. The Morgan fingerprint density at radius 2 is 1.75 bits per heavy atom. The largest absolute Gasteiger partial charge is 0.315 e. The van der Waals surface area contributed by atoms with Crippen LogP contribution in [0.5, 0.6) is 0 Å². The molecule has 0 radical (unpaired) electrons. The SMILES string of the molecule is Cc1cccc(-c2ccc(-c3ccn(CC[C@](C)(C(=O)NO)S(C)(=O)=O)c(=O)c3)cc2)n1. The molecule has 3 rings (SSSR count). The molecule has 9 heteroatoms. The van der Waals surface area contributed by atoms with Crippen molar-refractivity contribution in [2.24, 2.45) is 0 Å². The van der Waals surface area contributed by atoms with Gasteiger partial charge in [-0.15, -0.1) is 0 Å². The first-order valence-corrected chi connectivity index (χ1v) is 11.8. The smallest absolute Gasteiger partial charge is 0.264 e. The van der Waals surface area contributed by atoms with E-state index in [0.717, 1.165) is 28.8 Å². The first-order valence-electron chi connectivity index (χ1n) is 9.94. The number of pyridine rings is 2. The van der Waals surface area contributed by atoms with Gasteiger partial charge in [-0.3, -0.25) is 19.8 Å². The summed E-state index contributed by atoms with van der Waals surface area (Å²) in [5.41, 5.74) is 5.41. The van der Waals surface area contributed by atoms with Gasteiger partial charge in [0.05, 0.1) is 5.69 Å². The average Bonchev–Trinajstić information content (AvgIpc) is 2.76. The number of benzene rings is 1. The number of hydroxylamine groups is 1. The average molecular weight is 456 g/mol. The highest BCUT2D eigenvalue weighted by Gasteiger charge is 2.43. The van der Waals surface area contributed by atoms with Crippen LogP contribution >= 0.6 is 0 Å². The molecule has 0 aliphatic heterocycles. The molecule has 168 valence electrons. The minimum Gasteiger partial charge on any atom is -0.315 e. The molecule has 1 aromatic carbocycles. The van der Waals surface area contributed by atoms with Crippen molar-refractivity contribution in [3.63, 3.8) is 0 Å². The van der Waals surface area contributed by atoms with Gasteiger partial charge < -0.3 is 4.57 Å². The number of aryl methyl sites for hydroxylation is 2. The maximum atomic E-state index is 12.6. The molecule has 3 aromatic rings. The fraction of sp³-hybridized carbons (Fsp3) is 0.261. The summed E-state index contributed by atoms with van der Waals surface area (Å²) < 4.78 is 23.6. The lowest BCUT2D eigenvalue weighted by Gasteiger charge is -2.25. The van der Waals surface area contributed by atoms with Crippen molar-refractivity contribution in [3.05, 3.63) is 76.8 Å². The Bertz CT molecular complexity index is 1300. The molecule has 32 heavy (non-hydrogen) atoms. The van der Waals surface area contributed by atoms with E-state index in [0.29, 0.717) is 5.56 Å². The summed E-state index contributed by atoms with van der Waals surface area (Å²) in [6.45, 7) is 3.15. The van der Waals surface area contributed by atoms with Crippen LogP contribution in [0.1, 0.15) is 19.0 Å². The van der Waals surface area contributed by atoms with Gasteiger partial charge in [0.1, 0.15) is 0 Å². The van der Waals surface area contributed by atoms with Gasteiger partial charge in [0.2, 0.25) is 0 Å². The molecule has 0 bridgehead atoms. The van der Waals surface area contributed by atoms with Crippen LogP contribution in [-0.4, -0.2) is 40.1 Å². The van der Waals surface area contributed by atoms with E-state index in [1.54, 1.807) is 12.3 Å². The normalized spacial score (nSPS) is 13.4. The summed E-state index contributed by atoms with van der Waals surface area (Å²) in [7, 11) is -3.83. The summed E-state index contributed by atoms with van der Waals surface area (Å²) in [6, 6.07) is 16.7. The lowest BCUT2D eigenvalue weighted by Crippen LogP contribution is -2.49. The Morgan fingerprint density at radius 3 is 2.31 bits per heavy atom. The zero-order valence-corrected chi connectivity index (χ0v) is 18.9. The monoisotopic (exact) mass is 455 g/mol. The van der Waals surface area contributed by atoms with Gasteiger partial charge in [0, 0.05) is 36.3 Å². The molecule has 2 aromatic heterocycles. The van der Waals surface area contributed by atoms with Crippen LogP contribution in [0.15, 0.2) is 65.6 Å². The highest BCUT2D eigenvalue weighted by molar-refractivity contribution is 7.92. The van der Waals surface area contributed by atoms with E-state index in [-0.39, 0.29) is 18.5 Å². The van der Waals surface area contributed by atoms with Crippen LogP contribution in [0.2, 0.25) is 0 Å². The molecule has 8 nitrogen and oxygen atoms in total. The van der Waals surface area contributed by atoms with Crippen molar-refractivity contribution in [2.75, 3.05) is 6.26 Å². The van der Waals surface area contributed by atoms with Crippen LogP contribution in [0.25, 0.3) is 22.4 Å². The van der Waals surface area contributed by atoms with E-state index in [1.165, 1.54) is 23.0 Å². The number of nitrogens with zero attached hydrogens (tertiary/aromatic N) is 2. The van der Waals surface area contributed by atoms with Crippen LogP contribution in [-0.2, 0) is 21.2 Å². The third kappa shape index (κ3) is 4.79. The molecule has 0 unspecified atom stereocenters. The second-order valence-corrected chi connectivity index (χ2v) is 10.3. The van der Waals surface area contributed by atoms with Crippen molar-refractivity contribution in [3.8, 4) is 22.4 Å². The first kappa shape index (κ1) is 23.4. The Hall–Kier alpha value is -3.30. The molecule has 0 fully saturated rings. The summed E-state index contributed by atoms with van der Waals surface area (Å²) in [5, 5.41) is 8.92. The van der Waals surface area contributed by atoms with Gasteiger partial charge in [0.25, 0.3) is 11.5 Å². The van der Waals surface area contributed by atoms with Gasteiger partial charge in [-0.05, 0) is 49.6 Å². The van der Waals surface area contributed by atoms with E-state index < -0.39 is 20.5 Å². The quantitative estimate of drug-likeness (QED) is 0.418. The lowest BCUT2D eigenvalue weighted by molar-refractivity contribution is -0.131. The molecule has 0 aliphatic rings. The standard InChI is InChI=1S/C23H25N3O5S/c1-16-5-4-6-20(24-16)18-9-7-17(8-10-18)19-11-13-26(21(27)15-19)14-12-23(2,22(28)25-29)32(3,30)31/h4-11,13,15,29H,12,14H2,1-3H3,(H,25,28)/t23-/m1/s1. The third-order valence-electron chi connectivity index (χ3n) is 5.63. The Morgan fingerprint density at radius 1 is 1.09 bits per heavy atom. The van der Waals surface area contributed by atoms with Gasteiger partial charge in [-0.2, -0.15) is 0 Å². The maximum absolute atomic E-state index is 12.6. The van der Waals surface area contributed by atoms with Gasteiger partial charge in [0.15, 0.2) is 14.6 Å². The predicted molar refractivity (Wildman–Crippen MR) is 122 cm³/mol. The lowest BCUT2D eigenvalue weighted by atomic mass is 10.0. The molecular weight excluding hydrogens is 430 g/mol. The summed E-state index contributed by atoms with van der Waals surface area (Å²) in [6.07, 6.45) is 2.31. The first-order chi connectivity index (χ1) is 15.0. The number of carbonyl (C=O) groups is 1. The van der Waals surface area contributed by atoms with Crippen LogP contribution in [0.4, 0.5) is 0 Å². The molecular formula is C23H25N3O5S. The topological polar surface area (TPSA) is 118 Å². The van der Waals surface area contributed by atoms with E-state index in [9.17, 15) is 18.0 Å². The zero-order chi connectivity index (χ0) is 23.5. The Kier molecular flexibility index (Phi) is 6.61. The molecule has 2 heterocycles. The molecule has 1 amide bonds. The van der Waals surface area contributed by atoms with Gasteiger partial charge >= 0.3 is 0 Å². The number of nitrogens with one attached hydrogen (secondary N) is 1. The number of aromatic nitrogens is 2. The van der Waals surface area contributed by atoms with E-state index in [4.69, 9.17) is 5.21 Å². The minimum atomic E-state index is -3.83. The Labute approximate surface area is 186 Å². The van der Waals surface area contributed by atoms with Crippen LogP contribution < -0.4 is 11.0 Å². The van der Waals surface area contributed by atoms with E-state index in [1.807, 2.05) is 49.4 Å². The number of amides is 1. The summed E-state index contributed by atoms with van der Waals surface area (Å²) in [5.74, 6) is -1.03. The third-order valence-corrected chi connectivity index (χ3v) is 7.65. The highest BCUT2D eigenvalue weighted by atomic mass is 32.2. The maximum Gasteiger partial charge on any atom is 0.264 e. The molecule has 1 atom stereocenters. The van der Waals surface area contributed by atoms with E-state index in [2.05, 4.69) is 4.98 Å². The molecule has 0 aliphatic carbocycles. The molecule has 0 saturated carbocycles. The number of carbonyl (C=O) groups excluding carboxylic acids is 1. The molecule has 2 N–H and O–H groups in total. The molecule has 0 saturated heterocycles. The minimum absolute atomic E-state index is 0.00588. The zero-order valence-electron chi connectivity index (χ0n) is 18.1. The van der Waals surface area contributed by atoms with Crippen molar-refractivity contribution in [2.45, 2.75) is 31.6 Å². The van der Waals surface area contributed by atoms with Crippen LogP contribution in [0, 0.1) is 6.92 Å². The number of rotatable bonds is 7. The fourth-order valence-corrected chi connectivity index (χ4v) is 4.17. The van der Waals surface area contributed by atoms with Gasteiger partial charge in [-0.25, -0.2) is 13.9 Å². The number of hydrogen-bond donors (Lipinski definition) is 2. The number of hydrogen-bond acceptors (Lipinski definition) is 6. The Balaban J connectivity index is 1.81. The second-order valence-electron chi connectivity index (χ2n) is 7.88. The van der Waals surface area contributed by atoms with Crippen molar-refractivity contribution < 1.29 is 18.4 Å². The van der Waals surface area contributed by atoms with Crippen molar-refractivity contribution >= 4 is 15.7 Å². The summed E-state index contributed by atoms with van der Waals surface area (Å²) >= 11 is 0. The predicted octanol–water partition coefficient (Wildman–Crippen LogP) is 2.58.